The van der Waals surface area contributed by atoms with Gasteiger partial charge in [-0.3, -0.25) is 0 Å². The van der Waals surface area contributed by atoms with E-state index in [1.807, 2.05) is 0 Å². The molecule has 2 aliphatic rings. The Bertz CT molecular complexity index is 749. The summed E-state index contributed by atoms with van der Waals surface area (Å²) < 4.78 is 5.87. The summed E-state index contributed by atoms with van der Waals surface area (Å²) in [5, 5.41) is 0. The van der Waals surface area contributed by atoms with Crippen LogP contribution in [0, 0.1) is 0 Å². The van der Waals surface area contributed by atoms with E-state index in [1.165, 1.54) is 16.7 Å². The molecule has 0 radical (unpaired) electrons. The molecule has 3 rings (SSSR count). The Hall–Kier alpha value is -0.677. The number of fused-ring (bicyclic) bond motifs is 1. The monoisotopic (exact) mass is 384 g/mol. The first-order valence-electron chi connectivity index (χ1n) is 8.74. The van der Waals surface area contributed by atoms with Gasteiger partial charge in [0, 0.05) is 0 Å². The van der Waals surface area contributed by atoms with Crippen molar-refractivity contribution in [2.75, 3.05) is 0 Å². The molecule has 1 aromatic rings. The van der Waals surface area contributed by atoms with E-state index in [2.05, 4.69) is 87.2 Å². The Kier molecular flexibility index (Phi) is 3.85. The molecule has 1 atom stereocenters. The average molecular weight is 386 g/mol. The SMILES string of the molecule is CC1=C(C)[C](C)([Zr]([CH3])([CH3])[C]2(C)C=Cc3ccccc32)C(C)=C1C. The summed E-state index contributed by atoms with van der Waals surface area (Å²) in [5.41, 5.74) is 9.32. The van der Waals surface area contributed by atoms with E-state index >= 15 is 0 Å². The van der Waals surface area contributed by atoms with Gasteiger partial charge in [0.15, 0.2) is 0 Å². The topological polar surface area (TPSA) is 0 Å². The molecule has 122 valence electrons. The molecule has 1 unspecified atom stereocenters. The molecule has 0 spiro atoms. The number of benzene rings is 1. The molecule has 0 saturated heterocycles. The van der Waals surface area contributed by atoms with Crippen molar-refractivity contribution in [3.63, 3.8) is 0 Å². The molecule has 0 amide bonds. The van der Waals surface area contributed by atoms with Crippen molar-refractivity contribution in [2.24, 2.45) is 0 Å². The summed E-state index contributed by atoms with van der Waals surface area (Å²) in [7, 11) is 0. The van der Waals surface area contributed by atoms with Crippen molar-refractivity contribution in [3.8, 4) is 0 Å². The van der Waals surface area contributed by atoms with E-state index in [1.54, 1.807) is 16.7 Å². The molecule has 2 aliphatic carbocycles. The maximum absolute atomic E-state index is 2.69. The first-order valence-corrected chi connectivity index (χ1v) is 16.1. The van der Waals surface area contributed by atoms with Crippen LogP contribution in [0.1, 0.15) is 52.7 Å². The molecule has 0 saturated carbocycles. The summed E-state index contributed by atoms with van der Waals surface area (Å²) in [6, 6.07) is 9.02. The molecule has 0 N–H and O–H groups in total. The third kappa shape index (κ3) is 1.92. The predicted octanol–water partition coefficient (Wildman–Crippen LogP) is 7.04. The van der Waals surface area contributed by atoms with Crippen LogP contribution < -0.4 is 0 Å². The zero-order chi connectivity index (χ0) is 17.2. The number of hydrogen-bond acceptors (Lipinski definition) is 0. The van der Waals surface area contributed by atoms with Gasteiger partial charge in [-0.15, -0.1) is 0 Å². The molecule has 0 heterocycles. The van der Waals surface area contributed by atoms with Gasteiger partial charge < -0.3 is 0 Å². The van der Waals surface area contributed by atoms with Gasteiger partial charge in [-0.2, -0.15) is 0 Å². The summed E-state index contributed by atoms with van der Waals surface area (Å²) in [5.74, 6) is 0. The summed E-state index contributed by atoms with van der Waals surface area (Å²) >= 11 is -2.69. The van der Waals surface area contributed by atoms with Crippen LogP contribution in [0.4, 0.5) is 0 Å². The van der Waals surface area contributed by atoms with E-state index in [-0.39, 0.29) is 3.12 Å². The van der Waals surface area contributed by atoms with Gasteiger partial charge in [0.05, 0.1) is 0 Å². The summed E-state index contributed by atoms with van der Waals surface area (Å²) in [4.78, 5) is 0. The Morgan fingerprint density at radius 1 is 0.826 bits per heavy atom. The third-order valence-corrected chi connectivity index (χ3v) is 23.3. The molecular formula is C22H30Zr. The van der Waals surface area contributed by atoms with Crippen molar-refractivity contribution in [1.29, 1.82) is 0 Å². The van der Waals surface area contributed by atoms with E-state index in [0.717, 1.165) is 0 Å². The normalized spacial score (nSPS) is 26.3. The number of hydrogen-bond donors (Lipinski definition) is 0. The molecule has 0 nitrogen and oxygen atoms in total. The van der Waals surface area contributed by atoms with Gasteiger partial charge >= 0.3 is 147 Å². The van der Waals surface area contributed by atoms with E-state index in [9.17, 15) is 0 Å². The van der Waals surface area contributed by atoms with Crippen LogP contribution in [0.25, 0.3) is 6.08 Å². The first-order chi connectivity index (χ1) is 10.6. The van der Waals surface area contributed by atoms with Crippen molar-refractivity contribution in [3.05, 3.63) is 63.8 Å². The molecule has 23 heavy (non-hydrogen) atoms. The van der Waals surface area contributed by atoms with Crippen molar-refractivity contribution >= 4 is 6.08 Å². The Balaban J connectivity index is 2.23. The molecular weight excluding hydrogens is 355 g/mol. The quantitative estimate of drug-likeness (QED) is 0.512. The van der Waals surface area contributed by atoms with Crippen LogP contribution in [-0.4, -0.2) is 0 Å². The van der Waals surface area contributed by atoms with Crippen LogP contribution in [0.2, 0.25) is 12.4 Å². The fraction of sp³-hybridized carbons (Fsp3) is 0.455. The van der Waals surface area contributed by atoms with Gasteiger partial charge in [-0.1, -0.05) is 0 Å². The van der Waals surface area contributed by atoms with Gasteiger partial charge in [0.1, 0.15) is 0 Å². The second kappa shape index (κ2) is 5.16. The van der Waals surface area contributed by atoms with Crippen LogP contribution >= 0.6 is 0 Å². The fourth-order valence-electron chi connectivity index (χ4n) is 5.06. The van der Waals surface area contributed by atoms with Gasteiger partial charge in [0.25, 0.3) is 0 Å². The van der Waals surface area contributed by atoms with Gasteiger partial charge in [0.2, 0.25) is 0 Å². The van der Waals surface area contributed by atoms with Crippen LogP contribution in [-0.2, 0) is 23.4 Å². The molecule has 1 aromatic carbocycles. The van der Waals surface area contributed by atoms with Crippen molar-refractivity contribution in [1.82, 2.24) is 0 Å². The maximum atomic E-state index is 2.67. The molecule has 0 aliphatic heterocycles. The zero-order valence-electron chi connectivity index (χ0n) is 16.0. The van der Waals surface area contributed by atoms with E-state index in [0.29, 0.717) is 3.12 Å². The third-order valence-electron chi connectivity index (χ3n) is 7.85. The average Bonchev–Trinajstić information content (AvgIpc) is 2.96. The van der Waals surface area contributed by atoms with Gasteiger partial charge in [-0.05, 0) is 0 Å². The first kappa shape index (κ1) is 17.2. The molecule has 0 aromatic heterocycles. The number of allylic oxidation sites excluding steroid dienone is 5. The van der Waals surface area contributed by atoms with Crippen LogP contribution in [0.5, 0.6) is 0 Å². The molecule has 1 heteroatoms. The Labute approximate surface area is 146 Å². The van der Waals surface area contributed by atoms with E-state index < -0.39 is 20.3 Å². The minimum absolute atomic E-state index is 0.243. The Morgan fingerprint density at radius 2 is 1.35 bits per heavy atom. The van der Waals surface area contributed by atoms with Crippen molar-refractivity contribution < 1.29 is 20.3 Å². The fourth-order valence-corrected chi connectivity index (χ4v) is 16.6. The number of rotatable bonds is 2. The van der Waals surface area contributed by atoms with Crippen molar-refractivity contribution in [2.45, 2.75) is 57.1 Å². The predicted molar refractivity (Wildman–Crippen MR) is 99.7 cm³/mol. The zero-order valence-corrected chi connectivity index (χ0v) is 18.4. The summed E-state index contributed by atoms with van der Waals surface area (Å²) in [6.07, 6.45) is 4.90. The Morgan fingerprint density at radius 3 is 1.91 bits per heavy atom. The molecule has 0 bridgehead atoms. The second-order valence-electron chi connectivity index (χ2n) is 8.37. The van der Waals surface area contributed by atoms with Crippen LogP contribution in [0.3, 0.4) is 0 Å². The summed E-state index contributed by atoms with van der Waals surface area (Å²) in [6.45, 7) is 14.5. The minimum atomic E-state index is -2.69. The molecule has 0 fully saturated rings. The van der Waals surface area contributed by atoms with E-state index in [4.69, 9.17) is 0 Å². The second-order valence-corrected chi connectivity index (χ2v) is 21.4. The standard InChI is InChI=1S/C10H9.C10H15.2CH3.Zr/c1-8-6-7-9-4-2-3-5-10(8)9;1-6-7(2)9(4)10(5)8(6)3;;;/h2-7H,1H3;1-5H3;2*1H3;. The van der Waals surface area contributed by atoms with Gasteiger partial charge in [-0.25, -0.2) is 0 Å². The van der Waals surface area contributed by atoms with Crippen LogP contribution in [0.15, 0.2) is 52.6 Å².